The Morgan fingerprint density at radius 1 is 1.19 bits per heavy atom. The lowest BCUT2D eigenvalue weighted by atomic mass is 9.87. The van der Waals surface area contributed by atoms with Crippen molar-refractivity contribution in [2.45, 2.75) is 26.7 Å². The van der Waals surface area contributed by atoms with Gasteiger partial charge in [0, 0.05) is 5.41 Å². The van der Waals surface area contributed by atoms with Gasteiger partial charge in [0.1, 0.15) is 11.6 Å². The van der Waals surface area contributed by atoms with Crippen molar-refractivity contribution < 1.29 is 9.94 Å². The molecule has 0 radical (unpaired) electrons. The monoisotopic (exact) mass is 286 g/mol. The molecule has 21 heavy (non-hydrogen) atoms. The van der Waals surface area contributed by atoms with Crippen molar-refractivity contribution in [2.75, 3.05) is 6.61 Å². The molecule has 2 aromatic rings. The predicted octanol–water partition coefficient (Wildman–Crippen LogP) is 3.77. The van der Waals surface area contributed by atoms with E-state index in [4.69, 9.17) is 15.7 Å². The van der Waals surface area contributed by atoms with Gasteiger partial charge >= 0.3 is 0 Å². The van der Waals surface area contributed by atoms with Gasteiger partial charge in [-0.15, -0.1) is 0 Å². The SMILES string of the molecule is CC(C)(CCCOc1ccc2ccccc2c1)C(N)=NO. The first-order chi connectivity index (χ1) is 10.0. The van der Waals surface area contributed by atoms with Crippen LogP contribution in [0.5, 0.6) is 5.75 Å². The molecule has 0 fully saturated rings. The molecule has 0 aliphatic heterocycles. The first-order valence-corrected chi connectivity index (χ1v) is 7.12. The van der Waals surface area contributed by atoms with Gasteiger partial charge in [-0.25, -0.2) is 0 Å². The van der Waals surface area contributed by atoms with Gasteiger partial charge in [0.05, 0.1) is 6.61 Å². The minimum atomic E-state index is -0.318. The zero-order valence-electron chi connectivity index (χ0n) is 12.5. The van der Waals surface area contributed by atoms with E-state index in [9.17, 15) is 0 Å². The average molecular weight is 286 g/mol. The van der Waals surface area contributed by atoms with E-state index in [-0.39, 0.29) is 11.3 Å². The molecule has 4 nitrogen and oxygen atoms in total. The molecule has 112 valence electrons. The number of nitrogens with zero attached hydrogens (tertiary/aromatic N) is 1. The average Bonchev–Trinajstić information content (AvgIpc) is 2.50. The summed E-state index contributed by atoms with van der Waals surface area (Å²) in [5.41, 5.74) is 5.35. The van der Waals surface area contributed by atoms with Crippen molar-refractivity contribution in [2.24, 2.45) is 16.3 Å². The summed E-state index contributed by atoms with van der Waals surface area (Å²) in [6, 6.07) is 14.3. The Bertz CT molecular complexity index is 635. The second-order valence-electron chi connectivity index (χ2n) is 5.83. The topological polar surface area (TPSA) is 67.8 Å². The van der Waals surface area contributed by atoms with Crippen molar-refractivity contribution in [3.8, 4) is 5.75 Å². The number of ether oxygens (including phenoxy) is 1. The maximum atomic E-state index is 8.74. The summed E-state index contributed by atoms with van der Waals surface area (Å²) in [5, 5.41) is 14.2. The molecule has 0 saturated carbocycles. The molecular formula is C17H22N2O2. The summed E-state index contributed by atoms with van der Waals surface area (Å²) in [6.07, 6.45) is 1.65. The Morgan fingerprint density at radius 2 is 1.90 bits per heavy atom. The number of benzene rings is 2. The third kappa shape index (κ3) is 3.88. The van der Waals surface area contributed by atoms with Crippen LogP contribution in [0.2, 0.25) is 0 Å². The summed E-state index contributed by atoms with van der Waals surface area (Å²) in [5.74, 6) is 1.13. The summed E-state index contributed by atoms with van der Waals surface area (Å²) in [6.45, 7) is 4.52. The number of oxime groups is 1. The van der Waals surface area contributed by atoms with Gasteiger partial charge in [-0.1, -0.05) is 49.3 Å². The zero-order valence-corrected chi connectivity index (χ0v) is 12.5. The van der Waals surface area contributed by atoms with Gasteiger partial charge < -0.3 is 15.7 Å². The summed E-state index contributed by atoms with van der Waals surface area (Å²) < 4.78 is 5.78. The Hall–Kier alpha value is -2.23. The van der Waals surface area contributed by atoms with E-state index in [1.807, 2.05) is 38.1 Å². The number of nitrogens with two attached hydrogens (primary N) is 1. The minimum absolute atomic E-state index is 0.258. The zero-order chi connectivity index (χ0) is 15.3. The number of amidine groups is 1. The molecule has 3 N–H and O–H groups in total. The fourth-order valence-corrected chi connectivity index (χ4v) is 2.22. The molecule has 0 saturated heterocycles. The fourth-order valence-electron chi connectivity index (χ4n) is 2.22. The van der Waals surface area contributed by atoms with E-state index in [0.29, 0.717) is 6.61 Å². The van der Waals surface area contributed by atoms with Crippen LogP contribution in [0.25, 0.3) is 10.8 Å². The van der Waals surface area contributed by atoms with Crippen LogP contribution in [0.4, 0.5) is 0 Å². The van der Waals surface area contributed by atoms with Crippen LogP contribution in [0, 0.1) is 5.41 Å². The van der Waals surface area contributed by atoms with Gasteiger partial charge in [-0.3, -0.25) is 0 Å². The normalized spacial score (nSPS) is 12.6. The van der Waals surface area contributed by atoms with E-state index in [2.05, 4.69) is 23.4 Å². The Kier molecular flexibility index (Phi) is 4.68. The molecule has 0 amide bonds. The molecule has 2 rings (SSSR count). The Labute approximate surface area is 125 Å². The molecule has 0 aromatic heterocycles. The van der Waals surface area contributed by atoms with Crippen molar-refractivity contribution in [3.63, 3.8) is 0 Å². The van der Waals surface area contributed by atoms with Gasteiger partial charge in [0.25, 0.3) is 0 Å². The van der Waals surface area contributed by atoms with Crippen molar-refractivity contribution >= 4 is 16.6 Å². The van der Waals surface area contributed by atoms with Crippen LogP contribution in [-0.4, -0.2) is 17.6 Å². The molecule has 0 heterocycles. The first-order valence-electron chi connectivity index (χ1n) is 7.12. The summed E-state index contributed by atoms with van der Waals surface area (Å²) in [4.78, 5) is 0. The van der Waals surface area contributed by atoms with Crippen molar-refractivity contribution in [1.82, 2.24) is 0 Å². The smallest absolute Gasteiger partial charge is 0.144 e. The molecule has 0 bridgehead atoms. The second-order valence-corrected chi connectivity index (χ2v) is 5.83. The van der Waals surface area contributed by atoms with E-state index < -0.39 is 0 Å². The van der Waals surface area contributed by atoms with Crippen LogP contribution in [0.15, 0.2) is 47.6 Å². The van der Waals surface area contributed by atoms with Gasteiger partial charge in [0.15, 0.2) is 0 Å². The van der Waals surface area contributed by atoms with Gasteiger partial charge in [-0.2, -0.15) is 0 Å². The Morgan fingerprint density at radius 3 is 2.62 bits per heavy atom. The maximum Gasteiger partial charge on any atom is 0.144 e. The van der Waals surface area contributed by atoms with E-state index in [1.165, 1.54) is 10.8 Å². The van der Waals surface area contributed by atoms with Crippen molar-refractivity contribution in [3.05, 3.63) is 42.5 Å². The second kappa shape index (κ2) is 6.48. The molecule has 0 atom stereocenters. The highest BCUT2D eigenvalue weighted by Crippen LogP contribution is 2.24. The molecule has 0 aliphatic carbocycles. The lowest BCUT2D eigenvalue weighted by molar-refractivity contribution is 0.278. The third-order valence-electron chi connectivity index (χ3n) is 3.74. The van der Waals surface area contributed by atoms with Crippen LogP contribution >= 0.6 is 0 Å². The van der Waals surface area contributed by atoms with E-state index in [1.54, 1.807) is 0 Å². The standard InChI is InChI=1S/C17H22N2O2/c1-17(2,16(18)19-20)10-5-11-21-15-9-8-13-6-3-4-7-14(13)12-15/h3-4,6-9,12,20H,5,10-11H2,1-2H3,(H2,18,19). The van der Waals surface area contributed by atoms with Crippen LogP contribution in [0.3, 0.4) is 0 Å². The van der Waals surface area contributed by atoms with Gasteiger partial charge in [0.2, 0.25) is 0 Å². The molecule has 0 unspecified atom stereocenters. The highest BCUT2D eigenvalue weighted by atomic mass is 16.5. The lowest BCUT2D eigenvalue weighted by Gasteiger charge is -2.22. The minimum Gasteiger partial charge on any atom is -0.494 e. The predicted molar refractivity (Wildman–Crippen MR) is 85.9 cm³/mol. The van der Waals surface area contributed by atoms with Gasteiger partial charge in [-0.05, 0) is 35.7 Å². The lowest BCUT2D eigenvalue weighted by Crippen LogP contribution is -2.32. The highest BCUT2D eigenvalue weighted by Gasteiger charge is 2.22. The highest BCUT2D eigenvalue weighted by molar-refractivity contribution is 5.85. The number of rotatable bonds is 6. The van der Waals surface area contributed by atoms with Crippen LogP contribution < -0.4 is 10.5 Å². The molecule has 0 aliphatic rings. The number of hydrogen-bond donors (Lipinski definition) is 2. The maximum absolute atomic E-state index is 8.74. The Balaban J connectivity index is 1.88. The molecule has 4 heteroatoms. The van der Waals surface area contributed by atoms with Crippen molar-refractivity contribution in [1.29, 1.82) is 0 Å². The molecule has 0 spiro atoms. The fraction of sp³-hybridized carbons (Fsp3) is 0.353. The van der Waals surface area contributed by atoms with E-state index >= 15 is 0 Å². The molecule has 2 aromatic carbocycles. The third-order valence-corrected chi connectivity index (χ3v) is 3.74. The summed E-state index contributed by atoms with van der Waals surface area (Å²) in [7, 11) is 0. The number of hydrogen-bond acceptors (Lipinski definition) is 3. The largest absolute Gasteiger partial charge is 0.494 e. The van der Waals surface area contributed by atoms with E-state index in [0.717, 1.165) is 18.6 Å². The first kappa shape index (κ1) is 15.2. The van der Waals surface area contributed by atoms with Crippen LogP contribution in [0.1, 0.15) is 26.7 Å². The quantitative estimate of drug-likeness (QED) is 0.279. The summed E-state index contributed by atoms with van der Waals surface area (Å²) >= 11 is 0. The van der Waals surface area contributed by atoms with Crippen LogP contribution in [-0.2, 0) is 0 Å². The number of fused-ring (bicyclic) bond motifs is 1. The molecular weight excluding hydrogens is 264 g/mol.